The molecule has 2 aromatic rings. The normalized spacial score (nSPS) is 12.4. The van der Waals surface area contributed by atoms with Crippen molar-refractivity contribution in [2.75, 3.05) is 6.54 Å². The number of hydrogen-bond acceptors (Lipinski definition) is 4. The first-order valence-electron chi connectivity index (χ1n) is 5.91. The van der Waals surface area contributed by atoms with E-state index in [1.165, 1.54) is 0 Å². The lowest BCUT2D eigenvalue weighted by atomic mass is 10.1. The quantitative estimate of drug-likeness (QED) is 0.638. The van der Waals surface area contributed by atoms with E-state index >= 15 is 0 Å². The molecule has 7 nitrogen and oxygen atoms in total. The van der Waals surface area contributed by atoms with Gasteiger partial charge in [0.2, 0.25) is 6.54 Å². The summed E-state index contributed by atoms with van der Waals surface area (Å²) >= 11 is 0. The Morgan fingerprint density at radius 3 is 2.58 bits per heavy atom. The van der Waals surface area contributed by atoms with Gasteiger partial charge < -0.3 is 4.98 Å². The maximum absolute atomic E-state index is 11.1. The number of rotatable bonds is 6. The van der Waals surface area contributed by atoms with E-state index in [2.05, 4.69) is 4.98 Å². The Bertz CT molecular complexity index is 575. The Morgan fingerprint density at radius 2 is 1.95 bits per heavy atom. The molecule has 19 heavy (non-hydrogen) atoms. The number of aromatic amines is 1. The molecule has 2 rings (SSSR count). The third-order valence-electron chi connectivity index (χ3n) is 2.98. The predicted molar refractivity (Wildman–Crippen MR) is 69.1 cm³/mol. The third kappa shape index (κ3) is 3.06. The van der Waals surface area contributed by atoms with E-state index in [9.17, 15) is 20.2 Å². The standard InChI is InChI=1S/C12H13N3O4/c16-14(17)7-3-6-12(15(18)19)11-8-9-4-1-2-5-10(9)13-11/h1-2,4-5,8,12-13H,3,6-7H2. The largest absolute Gasteiger partial charge is 0.353 e. The molecule has 100 valence electrons. The lowest BCUT2D eigenvalue weighted by Gasteiger charge is -2.05. The molecule has 0 amide bonds. The highest BCUT2D eigenvalue weighted by molar-refractivity contribution is 5.80. The van der Waals surface area contributed by atoms with Gasteiger partial charge in [-0.25, -0.2) is 0 Å². The van der Waals surface area contributed by atoms with Crippen LogP contribution in [0, 0.1) is 20.2 Å². The fourth-order valence-corrected chi connectivity index (χ4v) is 2.06. The predicted octanol–water partition coefficient (Wildman–Crippen LogP) is 2.54. The summed E-state index contributed by atoms with van der Waals surface area (Å²) in [6, 6.07) is 8.21. The van der Waals surface area contributed by atoms with Crippen molar-refractivity contribution in [3.05, 3.63) is 56.3 Å². The molecule has 1 aromatic carbocycles. The Kier molecular flexibility index (Phi) is 3.74. The number of H-pyrrole nitrogens is 1. The summed E-state index contributed by atoms with van der Waals surface area (Å²) in [5.41, 5.74) is 1.33. The molecule has 0 aliphatic carbocycles. The number of fused-ring (bicyclic) bond motifs is 1. The minimum Gasteiger partial charge on any atom is -0.353 e. The van der Waals surface area contributed by atoms with Crippen molar-refractivity contribution in [3.63, 3.8) is 0 Å². The lowest BCUT2D eigenvalue weighted by molar-refractivity contribution is -0.534. The van der Waals surface area contributed by atoms with Crippen molar-refractivity contribution >= 4 is 10.9 Å². The summed E-state index contributed by atoms with van der Waals surface area (Å²) in [6.07, 6.45) is 0.342. The zero-order valence-electron chi connectivity index (χ0n) is 10.1. The van der Waals surface area contributed by atoms with Crippen LogP contribution in [0.3, 0.4) is 0 Å². The van der Waals surface area contributed by atoms with Gasteiger partial charge in [-0.15, -0.1) is 0 Å². The van der Waals surface area contributed by atoms with Gasteiger partial charge in [0, 0.05) is 28.2 Å². The molecule has 1 N–H and O–H groups in total. The Morgan fingerprint density at radius 1 is 1.21 bits per heavy atom. The molecular weight excluding hydrogens is 250 g/mol. The van der Waals surface area contributed by atoms with Crippen LogP contribution in [0.1, 0.15) is 24.6 Å². The van der Waals surface area contributed by atoms with E-state index in [1.54, 1.807) is 6.07 Å². The molecule has 1 atom stereocenters. The first-order valence-corrected chi connectivity index (χ1v) is 5.91. The zero-order valence-corrected chi connectivity index (χ0v) is 10.1. The molecule has 1 heterocycles. The van der Waals surface area contributed by atoms with Gasteiger partial charge in [-0.05, 0) is 17.5 Å². The van der Waals surface area contributed by atoms with Crippen molar-refractivity contribution in [1.82, 2.24) is 4.98 Å². The van der Waals surface area contributed by atoms with Crippen molar-refractivity contribution in [2.45, 2.75) is 18.9 Å². The molecule has 0 aliphatic heterocycles. The number of nitrogens with zero attached hydrogens (tertiary/aromatic N) is 2. The third-order valence-corrected chi connectivity index (χ3v) is 2.98. The fourth-order valence-electron chi connectivity index (χ4n) is 2.06. The molecule has 1 aromatic heterocycles. The average Bonchev–Trinajstić information content (AvgIpc) is 2.76. The Hall–Kier alpha value is -2.44. The van der Waals surface area contributed by atoms with Gasteiger partial charge >= 0.3 is 0 Å². The van der Waals surface area contributed by atoms with Crippen LogP contribution in [0.2, 0.25) is 0 Å². The van der Waals surface area contributed by atoms with E-state index in [1.807, 2.05) is 24.3 Å². The SMILES string of the molecule is O=[N+]([O-])CCCC(c1cc2ccccc2[nH]1)[N+](=O)[O-]. The van der Waals surface area contributed by atoms with Gasteiger partial charge in [0.15, 0.2) is 0 Å². The first kappa shape index (κ1) is 13.0. The van der Waals surface area contributed by atoms with Gasteiger partial charge in [-0.2, -0.15) is 0 Å². The van der Waals surface area contributed by atoms with Crippen molar-refractivity contribution in [2.24, 2.45) is 0 Å². The smallest absolute Gasteiger partial charge is 0.252 e. The van der Waals surface area contributed by atoms with E-state index in [0.717, 1.165) is 10.9 Å². The number of para-hydroxylation sites is 1. The topological polar surface area (TPSA) is 102 Å². The summed E-state index contributed by atoms with van der Waals surface area (Å²) < 4.78 is 0. The minimum absolute atomic E-state index is 0.154. The first-order chi connectivity index (χ1) is 9.08. The summed E-state index contributed by atoms with van der Waals surface area (Å²) in [5, 5.41) is 22.2. The summed E-state index contributed by atoms with van der Waals surface area (Å²) in [4.78, 5) is 23.5. The molecule has 7 heteroatoms. The Labute approximate surface area is 108 Å². The zero-order chi connectivity index (χ0) is 13.8. The van der Waals surface area contributed by atoms with Gasteiger partial charge in [0.25, 0.3) is 6.04 Å². The average molecular weight is 263 g/mol. The van der Waals surface area contributed by atoms with Crippen LogP contribution in [0.15, 0.2) is 30.3 Å². The number of hydrogen-bond donors (Lipinski definition) is 1. The van der Waals surface area contributed by atoms with Crippen LogP contribution in [0.25, 0.3) is 10.9 Å². The van der Waals surface area contributed by atoms with Crippen molar-refractivity contribution in [3.8, 4) is 0 Å². The molecule has 1 unspecified atom stereocenters. The van der Waals surface area contributed by atoms with Crippen LogP contribution < -0.4 is 0 Å². The molecule has 0 spiro atoms. The van der Waals surface area contributed by atoms with Crippen LogP contribution in [-0.2, 0) is 0 Å². The highest BCUT2D eigenvalue weighted by atomic mass is 16.6. The number of nitrogens with one attached hydrogen (secondary N) is 1. The van der Waals surface area contributed by atoms with E-state index in [4.69, 9.17) is 0 Å². The monoisotopic (exact) mass is 263 g/mol. The fraction of sp³-hybridized carbons (Fsp3) is 0.333. The van der Waals surface area contributed by atoms with Gasteiger partial charge in [-0.3, -0.25) is 20.2 Å². The Balaban J connectivity index is 2.18. The summed E-state index contributed by atoms with van der Waals surface area (Å²) in [7, 11) is 0. The molecule has 0 aliphatic rings. The maximum Gasteiger partial charge on any atom is 0.252 e. The van der Waals surface area contributed by atoms with Gasteiger partial charge in [0.05, 0.1) is 5.69 Å². The van der Waals surface area contributed by atoms with E-state index < -0.39 is 15.9 Å². The van der Waals surface area contributed by atoms with Crippen LogP contribution >= 0.6 is 0 Å². The van der Waals surface area contributed by atoms with Crippen LogP contribution in [0.4, 0.5) is 0 Å². The molecule has 0 radical (unpaired) electrons. The second-order valence-corrected chi connectivity index (χ2v) is 4.31. The second-order valence-electron chi connectivity index (χ2n) is 4.31. The molecule has 0 bridgehead atoms. The maximum atomic E-state index is 11.1. The minimum atomic E-state index is -0.924. The highest BCUT2D eigenvalue weighted by Crippen LogP contribution is 2.25. The van der Waals surface area contributed by atoms with Crippen LogP contribution in [0.5, 0.6) is 0 Å². The number of nitro groups is 2. The van der Waals surface area contributed by atoms with Crippen LogP contribution in [-0.4, -0.2) is 21.4 Å². The summed E-state index contributed by atoms with van der Waals surface area (Å²) in [6.45, 7) is -0.245. The molecule has 0 saturated heterocycles. The van der Waals surface area contributed by atoms with Gasteiger partial charge in [0.1, 0.15) is 0 Å². The molecule has 0 saturated carbocycles. The molecule has 0 fully saturated rings. The molecular formula is C12H13N3O4. The number of benzene rings is 1. The summed E-state index contributed by atoms with van der Waals surface area (Å²) in [5.74, 6) is 0. The van der Waals surface area contributed by atoms with E-state index in [-0.39, 0.29) is 19.4 Å². The second kappa shape index (κ2) is 5.47. The van der Waals surface area contributed by atoms with Crippen molar-refractivity contribution < 1.29 is 9.85 Å². The van der Waals surface area contributed by atoms with Crippen molar-refractivity contribution in [1.29, 1.82) is 0 Å². The lowest BCUT2D eigenvalue weighted by Crippen LogP contribution is -2.13. The van der Waals surface area contributed by atoms with E-state index in [0.29, 0.717) is 5.69 Å². The van der Waals surface area contributed by atoms with Gasteiger partial charge in [-0.1, -0.05) is 18.2 Å². The number of aromatic nitrogens is 1. The highest BCUT2D eigenvalue weighted by Gasteiger charge is 2.25.